The highest BCUT2D eigenvalue weighted by molar-refractivity contribution is 6.31. The van der Waals surface area contributed by atoms with Gasteiger partial charge in [0.05, 0.1) is 45.9 Å². The quantitative estimate of drug-likeness (QED) is 0.394. The van der Waals surface area contributed by atoms with E-state index in [9.17, 15) is 4.79 Å². The Morgan fingerprint density at radius 3 is 2.64 bits per heavy atom. The summed E-state index contributed by atoms with van der Waals surface area (Å²) in [4.78, 5) is 13.3. The Hall–Kier alpha value is -2.26. The van der Waals surface area contributed by atoms with Crippen molar-refractivity contribution in [2.24, 2.45) is 0 Å². The first kappa shape index (κ1) is 23.9. The molecule has 6 nitrogen and oxygen atoms in total. The third kappa shape index (κ3) is 4.99. The number of allylic oxidation sites excluding steroid dienone is 2. The van der Waals surface area contributed by atoms with E-state index in [1.165, 1.54) is 29.2 Å². The van der Waals surface area contributed by atoms with Crippen LogP contribution < -0.4 is 5.32 Å². The van der Waals surface area contributed by atoms with Gasteiger partial charge in [0.1, 0.15) is 24.0 Å². The molecule has 2 aliphatic heterocycles. The van der Waals surface area contributed by atoms with Crippen molar-refractivity contribution in [3.8, 4) is 0 Å². The number of benzene rings is 1. The first-order valence-corrected chi connectivity index (χ1v) is 11.5. The molecule has 2 unspecified atom stereocenters. The molecule has 0 radical (unpaired) electrons. The summed E-state index contributed by atoms with van der Waals surface area (Å²) in [5, 5.41) is 8.13. The minimum atomic E-state index is -0.732. The molecule has 1 N–H and O–H groups in total. The summed E-state index contributed by atoms with van der Waals surface area (Å²) in [5.74, 6) is -1.46. The third-order valence-electron chi connectivity index (χ3n) is 5.63. The number of unbranched alkanes of at least 4 members (excludes halogenated alkanes) is 1. The van der Waals surface area contributed by atoms with Gasteiger partial charge in [0.15, 0.2) is 6.23 Å². The average molecular weight is 497 g/mol. The number of aldehydes is 1. The molecule has 10 heteroatoms. The van der Waals surface area contributed by atoms with Crippen molar-refractivity contribution in [3.05, 3.63) is 63.4 Å². The molecule has 0 bridgehead atoms. The largest absolute Gasteiger partial charge is 0.342 e. The molecular weight excluding hydrogens is 473 g/mol. The van der Waals surface area contributed by atoms with Crippen LogP contribution in [0.25, 0.3) is 11.4 Å². The monoisotopic (exact) mass is 496 g/mol. The van der Waals surface area contributed by atoms with Crippen LogP contribution in [0.5, 0.6) is 0 Å². The molecule has 176 valence electrons. The molecule has 4 rings (SSSR count). The zero-order valence-corrected chi connectivity index (χ0v) is 19.7. The number of fused-ring (bicyclic) bond motifs is 1. The predicted molar refractivity (Wildman–Crippen MR) is 123 cm³/mol. The van der Waals surface area contributed by atoms with Gasteiger partial charge in [-0.15, -0.1) is 0 Å². The summed E-state index contributed by atoms with van der Waals surface area (Å²) < 4.78 is 37.6. The van der Waals surface area contributed by atoms with Gasteiger partial charge in [0, 0.05) is 6.20 Å². The number of carbonyl (C=O) groups excluding carboxylic acids is 1. The minimum absolute atomic E-state index is 0.104. The second kappa shape index (κ2) is 9.93. The number of aromatic nitrogens is 2. The van der Waals surface area contributed by atoms with E-state index in [-0.39, 0.29) is 17.9 Å². The van der Waals surface area contributed by atoms with Crippen LogP contribution in [-0.2, 0) is 9.53 Å². The number of rotatable bonds is 9. The molecule has 0 aliphatic carbocycles. The Morgan fingerprint density at radius 1 is 1.30 bits per heavy atom. The molecule has 1 aromatic carbocycles. The summed E-state index contributed by atoms with van der Waals surface area (Å²) in [6.45, 7) is 3.76. The van der Waals surface area contributed by atoms with E-state index < -0.39 is 30.0 Å². The normalized spacial score (nSPS) is 20.9. The molecule has 2 aliphatic rings. The maximum absolute atomic E-state index is 15.2. The molecule has 1 saturated heterocycles. The van der Waals surface area contributed by atoms with E-state index in [2.05, 4.69) is 10.4 Å². The number of nitrogens with zero attached hydrogens (tertiary/aromatic N) is 3. The van der Waals surface area contributed by atoms with E-state index in [4.69, 9.17) is 27.9 Å². The van der Waals surface area contributed by atoms with E-state index >= 15 is 8.78 Å². The highest BCUT2D eigenvalue weighted by Gasteiger charge is 2.50. The van der Waals surface area contributed by atoms with Gasteiger partial charge < -0.3 is 14.4 Å². The summed E-state index contributed by atoms with van der Waals surface area (Å²) in [6.07, 6.45) is 6.81. The number of carbonyl (C=O) groups is 1. The highest BCUT2D eigenvalue weighted by atomic mass is 35.5. The van der Waals surface area contributed by atoms with Gasteiger partial charge >= 0.3 is 0 Å². The fourth-order valence-electron chi connectivity index (χ4n) is 3.93. The van der Waals surface area contributed by atoms with Crippen molar-refractivity contribution in [2.45, 2.75) is 51.5 Å². The lowest BCUT2D eigenvalue weighted by molar-refractivity contribution is -0.109. The molecule has 3 atom stereocenters. The molecule has 1 aromatic heterocycles. The Kier molecular flexibility index (Phi) is 7.19. The number of ether oxygens (including phenoxy) is 1. The standard InChI is InChI=1S/C23H24Cl2F2N4O2/c1-3-4-5-15(11-32)28-12-30-21(20-17(26)6-13(2)7-18(20)27)19(31-10-14(24)9-29-31)8-16(25)22-23(30)33-22/h6-11,15,22-23,28H,3-5,12H2,1-2H3/t15-,22?,23?/m0/s1. The van der Waals surface area contributed by atoms with Crippen LogP contribution >= 0.6 is 23.2 Å². The number of epoxide rings is 1. The van der Waals surface area contributed by atoms with Gasteiger partial charge in [-0.3, -0.25) is 5.32 Å². The lowest BCUT2D eigenvalue weighted by atomic mass is 10.0. The second-order valence-corrected chi connectivity index (χ2v) is 9.01. The van der Waals surface area contributed by atoms with E-state index in [1.807, 2.05) is 6.92 Å². The summed E-state index contributed by atoms with van der Waals surface area (Å²) in [5.41, 5.74) is 0.742. The fraction of sp³-hybridized carbons (Fsp3) is 0.391. The number of hydrogen-bond acceptors (Lipinski definition) is 5. The maximum Gasteiger partial charge on any atom is 0.164 e. The van der Waals surface area contributed by atoms with Crippen molar-refractivity contribution in [2.75, 3.05) is 6.67 Å². The van der Waals surface area contributed by atoms with E-state index in [0.29, 0.717) is 27.7 Å². The Morgan fingerprint density at radius 2 is 2.03 bits per heavy atom. The third-order valence-corrected chi connectivity index (χ3v) is 6.15. The summed E-state index contributed by atoms with van der Waals surface area (Å²) in [6, 6.07) is 2.12. The van der Waals surface area contributed by atoms with E-state index in [1.54, 1.807) is 17.9 Å². The Labute approximate surface area is 200 Å². The van der Waals surface area contributed by atoms with E-state index in [0.717, 1.165) is 19.1 Å². The summed E-state index contributed by atoms with van der Waals surface area (Å²) >= 11 is 12.6. The number of aryl methyl sites for hydroxylation is 1. The van der Waals surface area contributed by atoms with Crippen molar-refractivity contribution < 1.29 is 18.3 Å². The van der Waals surface area contributed by atoms with Gasteiger partial charge in [-0.05, 0) is 37.1 Å². The Balaban J connectivity index is 1.85. The molecule has 3 heterocycles. The molecular formula is C23H24Cl2F2N4O2. The van der Waals surface area contributed by atoms with Crippen molar-refractivity contribution in [1.82, 2.24) is 20.0 Å². The van der Waals surface area contributed by atoms with Crippen molar-refractivity contribution in [1.29, 1.82) is 0 Å². The first-order chi connectivity index (χ1) is 15.8. The van der Waals surface area contributed by atoms with Crippen LogP contribution in [-0.4, -0.2) is 46.0 Å². The smallest absolute Gasteiger partial charge is 0.164 e. The molecule has 33 heavy (non-hydrogen) atoms. The van der Waals surface area contributed by atoms with Crippen LogP contribution in [0.3, 0.4) is 0 Å². The van der Waals surface area contributed by atoms with Gasteiger partial charge in [-0.2, -0.15) is 5.10 Å². The van der Waals surface area contributed by atoms with Gasteiger partial charge in [0.25, 0.3) is 0 Å². The van der Waals surface area contributed by atoms with Gasteiger partial charge in [-0.25, -0.2) is 13.5 Å². The molecule has 0 amide bonds. The van der Waals surface area contributed by atoms with Crippen LogP contribution in [0.4, 0.5) is 8.78 Å². The average Bonchev–Trinajstić information content (AvgIpc) is 3.46. The first-order valence-electron chi connectivity index (χ1n) is 10.7. The van der Waals surface area contributed by atoms with Crippen LogP contribution in [0.2, 0.25) is 5.02 Å². The van der Waals surface area contributed by atoms with Gasteiger partial charge in [0.2, 0.25) is 0 Å². The molecule has 0 spiro atoms. The SMILES string of the molecule is CCCC[C@@H](C=O)NCN1C(c2c(F)cc(C)cc2F)=C(n2cc(Cl)cn2)C=C(Cl)C2OC21. The number of halogens is 4. The fourth-order valence-corrected chi connectivity index (χ4v) is 4.33. The lowest BCUT2D eigenvalue weighted by Gasteiger charge is -2.29. The van der Waals surface area contributed by atoms with Crippen molar-refractivity contribution in [3.63, 3.8) is 0 Å². The maximum atomic E-state index is 15.2. The highest BCUT2D eigenvalue weighted by Crippen LogP contribution is 2.45. The zero-order chi connectivity index (χ0) is 23.7. The topological polar surface area (TPSA) is 62.7 Å². The summed E-state index contributed by atoms with van der Waals surface area (Å²) in [7, 11) is 0. The van der Waals surface area contributed by atoms with Gasteiger partial charge in [-0.1, -0.05) is 43.0 Å². The lowest BCUT2D eigenvalue weighted by Crippen LogP contribution is -2.42. The second-order valence-electron chi connectivity index (χ2n) is 8.13. The number of hydrogen-bond donors (Lipinski definition) is 1. The Bertz CT molecular complexity index is 1090. The molecule has 1 fully saturated rings. The predicted octanol–water partition coefficient (Wildman–Crippen LogP) is 4.92. The zero-order valence-electron chi connectivity index (χ0n) is 18.2. The molecule has 2 aromatic rings. The van der Waals surface area contributed by atoms with Crippen molar-refractivity contribution >= 4 is 40.9 Å². The molecule has 0 saturated carbocycles. The number of nitrogens with one attached hydrogen (secondary N) is 1. The minimum Gasteiger partial charge on any atom is -0.342 e. The van der Waals surface area contributed by atoms with Crippen LogP contribution in [0, 0.1) is 18.6 Å². The van der Waals surface area contributed by atoms with Crippen LogP contribution in [0.1, 0.15) is 37.3 Å². The van der Waals surface area contributed by atoms with Crippen LogP contribution in [0.15, 0.2) is 35.6 Å².